The Morgan fingerprint density at radius 3 is 2.57 bits per heavy atom. The normalized spacial score (nSPS) is 10.5. The molecule has 0 aliphatic rings. The molecule has 1 heterocycles. The molecule has 0 fully saturated rings. The molecule has 0 saturated heterocycles. The number of hydrogen-bond acceptors (Lipinski definition) is 5. The molecule has 0 unspecified atom stereocenters. The van der Waals surface area contributed by atoms with Gasteiger partial charge in [-0.1, -0.05) is 41.9 Å². The maximum absolute atomic E-state index is 12.5. The SMILES string of the molecule is COc1ccccc1C(=O)Nc1ccc(-c2csc(Nc3cccc(Cl)c3)n2)cc1. The van der Waals surface area contributed by atoms with Crippen molar-refractivity contribution in [1.29, 1.82) is 0 Å². The van der Waals surface area contributed by atoms with Crippen molar-refractivity contribution in [2.75, 3.05) is 17.7 Å². The smallest absolute Gasteiger partial charge is 0.259 e. The summed E-state index contributed by atoms with van der Waals surface area (Å²) in [7, 11) is 1.55. The van der Waals surface area contributed by atoms with E-state index in [1.165, 1.54) is 11.3 Å². The maximum atomic E-state index is 12.5. The lowest BCUT2D eigenvalue weighted by molar-refractivity contribution is 0.102. The summed E-state index contributed by atoms with van der Waals surface area (Å²) in [6.45, 7) is 0. The molecule has 0 aliphatic heterocycles. The van der Waals surface area contributed by atoms with Crippen molar-refractivity contribution in [3.05, 3.63) is 88.8 Å². The number of hydrogen-bond donors (Lipinski definition) is 2. The first kappa shape index (κ1) is 19.9. The first-order valence-electron chi connectivity index (χ1n) is 9.15. The monoisotopic (exact) mass is 435 g/mol. The minimum atomic E-state index is -0.220. The lowest BCUT2D eigenvalue weighted by Gasteiger charge is -2.09. The van der Waals surface area contributed by atoms with Gasteiger partial charge < -0.3 is 15.4 Å². The van der Waals surface area contributed by atoms with Crippen molar-refractivity contribution in [1.82, 2.24) is 4.98 Å². The molecule has 0 saturated carbocycles. The topological polar surface area (TPSA) is 63.2 Å². The Morgan fingerprint density at radius 2 is 1.80 bits per heavy atom. The van der Waals surface area contributed by atoms with Gasteiger partial charge in [0.05, 0.1) is 18.4 Å². The zero-order chi connectivity index (χ0) is 20.9. The van der Waals surface area contributed by atoms with E-state index in [4.69, 9.17) is 16.3 Å². The molecular weight excluding hydrogens is 418 g/mol. The van der Waals surface area contributed by atoms with Gasteiger partial charge in [-0.3, -0.25) is 4.79 Å². The fourth-order valence-corrected chi connectivity index (χ4v) is 3.84. The maximum Gasteiger partial charge on any atom is 0.259 e. The van der Waals surface area contributed by atoms with Crippen LogP contribution < -0.4 is 15.4 Å². The number of carbonyl (C=O) groups is 1. The molecule has 0 radical (unpaired) electrons. The molecule has 1 amide bonds. The second kappa shape index (κ2) is 8.98. The zero-order valence-corrected chi connectivity index (χ0v) is 17.6. The number of nitrogens with zero attached hydrogens (tertiary/aromatic N) is 1. The molecule has 7 heteroatoms. The number of nitrogens with one attached hydrogen (secondary N) is 2. The molecular formula is C23H18ClN3O2S. The number of thiazole rings is 1. The molecule has 4 rings (SSSR count). The lowest BCUT2D eigenvalue weighted by Crippen LogP contribution is -2.12. The van der Waals surface area contributed by atoms with Gasteiger partial charge in [-0.15, -0.1) is 11.3 Å². The quantitative estimate of drug-likeness (QED) is 0.364. The van der Waals surface area contributed by atoms with Crippen LogP contribution in [0.5, 0.6) is 5.75 Å². The number of aromatic nitrogens is 1. The standard InChI is InChI=1S/C23H18ClN3O2S/c1-29-21-8-3-2-7-19(21)22(28)25-17-11-9-15(10-12-17)20-14-30-23(27-20)26-18-6-4-5-16(24)13-18/h2-14H,1H3,(H,25,28)(H,26,27). The van der Waals surface area contributed by atoms with Crippen LogP contribution in [0.15, 0.2) is 78.2 Å². The van der Waals surface area contributed by atoms with Gasteiger partial charge in [-0.05, 0) is 42.5 Å². The molecule has 5 nitrogen and oxygen atoms in total. The summed E-state index contributed by atoms with van der Waals surface area (Å²) in [4.78, 5) is 17.2. The van der Waals surface area contributed by atoms with Crippen LogP contribution in [0.25, 0.3) is 11.3 Å². The Balaban J connectivity index is 1.45. The second-order valence-corrected chi connectivity index (χ2v) is 7.70. The van der Waals surface area contributed by atoms with Crippen molar-refractivity contribution in [3.63, 3.8) is 0 Å². The number of anilines is 3. The second-order valence-electron chi connectivity index (χ2n) is 6.41. The van der Waals surface area contributed by atoms with Crippen LogP contribution in [0, 0.1) is 0 Å². The summed E-state index contributed by atoms with van der Waals surface area (Å²) >= 11 is 7.54. The van der Waals surface area contributed by atoms with Gasteiger partial charge in [0.1, 0.15) is 5.75 Å². The van der Waals surface area contributed by atoms with Crippen molar-refractivity contribution in [2.45, 2.75) is 0 Å². The minimum Gasteiger partial charge on any atom is -0.496 e. The Labute approximate surface area is 183 Å². The summed E-state index contributed by atoms with van der Waals surface area (Å²) in [5.41, 5.74) is 3.88. The first-order valence-corrected chi connectivity index (χ1v) is 10.4. The Hall–Kier alpha value is -3.35. The number of carbonyl (C=O) groups excluding carboxylic acids is 1. The van der Waals surface area contributed by atoms with Crippen molar-refractivity contribution in [3.8, 4) is 17.0 Å². The third kappa shape index (κ3) is 4.62. The highest BCUT2D eigenvalue weighted by Gasteiger charge is 2.12. The van der Waals surface area contributed by atoms with Crippen molar-refractivity contribution >= 4 is 45.4 Å². The molecule has 2 N–H and O–H groups in total. The Morgan fingerprint density at radius 1 is 1.00 bits per heavy atom. The summed E-state index contributed by atoms with van der Waals surface area (Å²) < 4.78 is 5.25. The van der Waals surface area contributed by atoms with E-state index in [-0.39, 0.29) is 5.91 Å². The van der Waals surface area contributed by atoms with E-state index in [0.717, 1.165) is 22.1 Å². The summed E-state index contributed by atoms with van der Waals surface area (Å²) in [5, 5.41) is 9.58. The van der Waals surface area contributed by atoms with E-state index in [2.05, 4.69) is 15.6 Å². The molecule has 0 spiro atoms. The van der Waals surface area contributed by atoms with E-state index in [0.29, 0.717) is 22.0 Å². The van der Waals surface area contributed by atoms with Gasteiger partial charge in [0, 0.05) is 27.3 Å². The number of methoxy groups -OCH3 is 1. The van der Waals surface area contributed by atoms with Gasteiger partial charge >= 0.3 is 0 Å². The number of benzene rings is 3. The molecule has 30 heavy (non-hydrogen) atoms. The van der Waals surface area contributed by atoms with Gasteiger partial charge in [0.2, 0.25) is 0 Å². The van der Waals surface area contributed by atoms with Crippen LogP contribution >= 0.6 is 22.9 Å². The largest absolute Gasteiger partial charge is 0.496 e. The summed E-state index contributed by atoms with van der Waals surface area (Å²) in [5.74, 6) is 0.315. The predicted octanol–water partition coefficient (Wildman–Crippen LogP) is 6.47. The highest BCUT2D eigenvalue weighted by atomic mass is 35.5. The third-order valence-electron chi connectivity index (χ3n) is 4.37. The molecule has 1 aromatic heterocycles. The summed E-state index contributed by atoms with van der Waals surface area (Å²) in [6.07, 6.45) is 0. The van der Waals surface area contributed by atoms with Gasteiger partial charge in [0.15, 0.2) is 5.13 Å². The lowest BCUT2D eigenvalue weighted by atomic mass is 10.1. The average molecular weight is 436 g/mol. The molecule has 0 atom stereocenters. The number of halogens is 1. The molecule has 0 aliphatic carbocycles. The fourth-order valence-electron chi connectivity index (χ4n) is 2.91. The minimum absolute atomic E-state index is 0.220. The van der Waals surface area contributed by atoms with Crippen LogP contribution in [0.2, 0.25) is 5.02 Å². The Bertz CT molecular complexity index is 1180. The van der Waals surface area contributed by atoms with Gasteiger partial charge in [-0.25, -0.2) is 4.98 Å². The van der Waals surface area contributed by atoms with Crippen LogP contribution in [0.4, 0.5) is 16.5 Å². The van der Waals surface area contributed by atoms with Crippen molar-refractivity contribution < 1.29 is 9.53 Å². The van der Waals surface area contributed by atoms with E-state index in [9.17, 15) is 4.79 Å². The van der Waals surface area contributed by atoms with Gasteiger partial charge in [-0.2, -0.15) is 0 Å². The zero-order valence-electron chi connectivity index (χ0n) is 16.1. The van der Waals surface area contributed by atoms with Crippen LogP contribution in [0.1, 0.15) is 10.4 Å². The number of rotatable bonds is 6. The molecule has 0 bridgehead atoms. The van der Waals surface area contributed by atoms with E-state index in [1.54, 1.807) is 25.3 Å². The van der Waals surface area contributed by atoms with E-state index >= 15 is 0 Å². The van der Waals surface area contributed by atoms with Crippen molar-refractivity contribution in [2.24, 2.45) is 0 Å². The van der Waals surface area contributed by atoms with Crippen LogP contribution in [-0.4, -0.2) is 18.0 Å². The highest BCUT2D eigenvalue weighted by molar-refractivity contribution is 7.14. The Kier molecular flexibility index (Phi) is 5.97. The summed E-state index contributed by atoms with van der Waals surface area (Å²) in [6, 6.07) is 22.2. The number of ether oxygens (including phenoxy) is 1. The van der Waals surface area contributed by atoms with E-state index < -0.39 is 0 Å². The van der Waals surface area contributed by atoms with Crippen LogP contribution in [0.3, 0.4) is 0 Å². The average Bonchev–Trinajstić information content (AvgIpc) is 3.22. The number of amides is 1. The van der Waals surface area contributed by atoms with E-state index in [1.807, 2.05) is 60.0 Å². The molecule has 4 aromatic rings. The van der Waals surface area contributed by atoms with Crippen LogP contribution in [-0.2, 0) is 0 Å². The van der Waals surface area contributed by atoms with Gasteiger partial charge in [0.25, 0.3) is 5.91 Å². The molecule has 150 valence electrons. The predicted molar refractivity (Wildman–Crippen MR) is 123 cm³/mol. The number of para-hydroxylation sites is 1. The molecule has 3 aromatic carbocycles. The first-order chi connectivity index (χ1) is 14.6. The fraction of sp³-hybridized carbons (Fsp3) is 0.0435. The third-order valence-corrected chi connectivity index (χ3v) is 5.36. The highest BCUT2D eigenvalue weighted by Crippen LogP contribution is 2.29.